The van der Waals surface area contributed by atoms with E-state index >= 15 is 0 Å². The molecule has 0 aliphatic heterocycles. The van der Waals surface area contributed by atoms with Gasteiger partial charge in [-0.15, -0.1) is 0 Å². The van der Waals surface area contributed by atoms with Crippen molar-refractivity contribution in [3.05, 3.63) is 58.6 Å². The molecule has 182 valence electrons. The number of amides is 3. The van der Waals surface area contributed by atoms with Crippen molar-refractivity contribution in [1.29, 1.82) is 0 Å². The number of ether oxygens (including phenoxy) is 2. The Labute approximate surface area is 203 Å². The number of nitrogens with one attached hydrogen (secondary N) is 3. The Morgan fingerprint density at radius 3 is 2.50 bits per heavy atom. The van der Waals surface area contributed by atoms with Crippen LogP contribution in [0.25, 0.3) is 0 Å². The smallest absolute Gasteiger partial charge is 0.329 e. The molecule has 0 bridgehead atoms. The van der Waals surface area contributed by atoms with E-state index < -0.39 is 11.8 Å². The highest BCUT2D eigenvalue weighted by atomic mass is 35.5. The van der Waals surface area contributed by atoms with E-state index in [9.17, 15) is 14.4 Å². The van der Waals surface area contributed by atoms with Crippen molar-refractivity contribution in [2.24, 2.45) is 5.10 Å². The Hall–Kier alpha value is -3.43. The summed E-state index contributed by atoms with van der Waals surface area (Å²) in [5, 5.41) is 9.55. The minimum atomic E-state index is -0.859. The van der Waals surface area contributed by atoms with Crippen LogP contribution in [0.1, 0.15) is 31.4 Å². The zero-order valence-corrected chi connectivity index (χ0v) is 20.1. The maximum Gasteiger partial charge on any atom is 0.329 e. The second-order valence-electron chi connectivity index (χ2n) is 7.60. The number of halogens is 1. The molecule has 2 rings (SSSR count). The first kappa shape index (κ1) is 26.8. The van der Waals surface area contributed by atoms with Gasteiger partial charge in [-0.1, -0.05) is 17.7 Å². The highest BCUT2D eigenvalue weighted by Crippen LogP contribution is 2.20. The van der Waals surface area contributed by atoms with E-state index in [0.717, 1.165) is 5.56 Å². The van der Waals surface area contributed by atoms with E-state index in [2.05, 4.69) is 21.2 Å². The quantitative estimate of drug-likeness (QED) is 0.194. The Bertz CT molecular complexity index is 1010. The molecule has 10 heteroatoms. The van der Waals surface area contributed by atoms with Crippen molar-refractivity contribution in [2.45, 2.75) is 33.3 Å². The van der Waals surface area contributed by atoms with Gasteiger partial charge in [-0.3, -0.25) is 14.4 Å². The summed E-state index contributed by atoms with van der Waals surface area (Å²) < 4.78 is 10.8. The fraction of sp³-hybridized carbons (Fsp3) is 0.333. The molecule has 0 aliphatic rings. The first-order chi connectivity index (χ1) is 16.2. The largest absolute Gasteiger partial charge is 0.484 e. The number of anilines is 1. The summed E-state index contributed by atoms with van der Waals surface area (Å²) in [6.45, 7) is 6.39. The Morgan fingerprint density at radius 2 is 1.82 bits per heavy atom. The van der Waals surface area contributed by atoms with Gasteiger partial charge in [0.2, 0.25) is 0 Å². The molecule has 0 atom stereocenters. The fourth-order valence-corrected chi connectivity index (χ4v) is 2.74. The number of hydrogen-bond acceptors (Lipinski definition) is 6. The van der Waals surface area contributed by atoms with Crippen LogP contribution in [0.3, 0.4) is 0 Å². The molecule has 0 saturated carbocycles. The van der Waals surface area contributed by atoms with E-state index in [-0.39, 0.29) is 18.6 Å². The van der Waals surface area contributed by atoms with Gasteiger partial charge in [0.25, 0.3) is 5.91 Å². The normalized spacial score (nSPS) is 10.9. The van der Waals surface area contributed by atoms with Crippen LogP contribution in [0.5, 0.6) is 5.75 Å². The molecule has 34 heavy (non-hydrogen) atoms. The predicted molar refractivity (Wildman–Crippen MR) is 131 cm³/mol. The van der Waals surface area contributed by atoms with Crippen LogP contribution in [-0.4, -0.2) is 49.8 Å². The second-order valence-corrected chi connectivity index (χ2v) is 8.01. The molecular formula is C24H29ClN4O5. The van der Waals surface area contributed by atoms with E-state index in [4.69, 9.17) is 21.1 Å². The molecule has 3 N–H and O–H groups in total. The highest BCUT2D eigenvalue weighted by Gasteiger charge is 2.11. The molecule has 0 unspecified atom stereocenters. The van der Waals surface area contributed by atoms with Crippen molar-refractivity contribution in [2.75, 3.05) is 25.1 Å². The van der Waals surface area contributed by atoms with E-state index in [1.165, 1.54) is 6.21 Å². The molecule has 3 amide bonds. The monoisotopic (exact) mass is 488 g/mol. The van der Waals surface area contributed by atoms with Gasteiger partial charge in [0.05, 0.1) is 12.3 Å². The molecule has 9 nitrogen and oxygen atoms in total. The molecule has 0 saturated heterocycles. The zero-order valence-electron chi connectivity index (χ0n) is 19.4. The number of carbonyl (C=O) groups is 3. The van der Waals surface area contributed by atoms with Crippen LogP contribution < -0.4 is 20.8 Å². The third-order valence-electron chi connectivity index (χ3n) is 4.35. The molecule has 0 heterocycles. The average molecular weight is 489 g/mol. The van der Waals surface area contributed by atoms with Gasteiger partial charge in [0.15, 0.2) is 6.61 Å². The molecular weight excluding hydrogens is 460 g/mol. The molecule has 0 aromatic heterocycles. The lowest BCUT2D eigenvalue weighted by Crippen LogP contribution is -2.38. The lowest BCUT2D eigenvalue weighted by molar-refractivity contribution is -0.139. The van der Waals surface area contributed by atoms with Crippen molar-refractivity contribution in [3.63, 3.8) is 0 Å². The zero-order chi connectivity index (χ0) is 24.9. The minimum Gasteiger partial charge on any atom is -0.484 e. The van der Waals surface area contributed by atoms with Crippen LogP contribution in [-0.2, 0) is 19.1 Å². The van der Waals surface area contributed by atoms with Crippen LogP contribution in [0.15, 0.2) is 47.6 Å². The first-order valence-electron chi connectivity index (χ1n) is 10.8. The van der Waals surface area contributed by atoms with Gasteiger partial charge in [0, 0.05) is 23.9 Å². The lowest BCUT2D eigenvalue weighted by atomic mass is 10.2. The predicted octanol–water partition coefficient (Wildman–Crippen LogP) is 3.05. The molecule has 2 aromatic rings. The average Bonchev–Trinajstić information content (AvgIpc) is 2.80. The molecule has 2 aromatic carbocycles. The maximum absolute atomic E-state index is 12.1. The summed E-state index contributed by atoms with van der Waals surface area (Å²) in [5.74, 6) is -1.46. The van der Waals surface area contributed by atoms with E-state index in [0.29, 0.717) is 41.6 Å². The summed E-state index contributed by atoms with van der Waals surface area (Å²) in [4.78, 5) is 35.5. The molecule has 0 fully saturated rings. The van der Waals surface area contributed by atoms with E-state index in [1.807, 2.05) is 26.8 Å². The molecule has 0 aliphatic carbocycles. The third-order valence-corrected chi connectivity index (χ3v) is 4.76. The van der Waals surface area contributed by atoms with Crippen LogP contribution >= 0.6 is 11.6 Å². The van der Waals surface area contributed by atoms with Gasteiger partial charge in [0.1, 0.15) is 5.75 Å². The van der Waals surface area contributed by atoms with Crippen LogP contribution in [0.4, 0.5) is 5.69 Å². The summed E-state index contributed by atoms with van der Waals surface area (Å²) >= 11 is 6.05. The number of rotatable bonds is 11. The summed E-state index contributed by atoms with van der Waals surface area (Å²) in [7, 11) is 0. The molecule has 0 radical (unpaired) electrons. The van der Waals surface area contributed by atoms with Crippen LogP contribution in [0, 0.1) is 6.92 Å². The Morgan fingerprint density at radius 1 is 1.09 bits per heavy atom. The lowest BCUT2D eigenvalue weighted by Gasteiger charge is -2.09. The van der Waals surface area contributed by atoms with E-state index in [1.54, 1.807) is 36.4 Å². The van der Waals surface area contributed by atoms with Crippen molar-refractivity contribution < 1.29 is 23.9 Å². The molecule has 0 spiro atoms. The SMILES string of the molecule is Cc1ccc(NC(=O)COc2ccc(/C=N\NC(=O)C(=O)NCCCOC(C)C)cc2)cc1Cl. The van der Waals surface area contributed by atoms with Crippen molar-refractivity contribution in [3.8, 4) is 5.75 Å². The standard InChI is InChI=1S/C24H29ClN4O5/c1-16(2)33-12-4-11-26-23(31)24(32)29-27-14-18-6-9-20(10-7-18)34-15-22(30)28-19-8-5-17(3)21(25)13-19/h5-10,13-14,16H,4,11-12,15H2,1-3H3,(H,26,31)(H,28,30)(H,29,32)/b27-14-. The Kier molecular flexibility index (Phi) is 11.0. The maximum atomic E-state index is 12.1. The minimum absolute atomic E-state index is 0.123. The highest BCUT2D eigenvalue weighted by molar-refractivity contribution is 6.35. The van der Waals surface area contributed by atoms with Gasteiger partial charge in [-0.25, -0.2) is 5.43 Å². The second kappa shape index (κ2) is 14.0. The van der Waals surface area contributed by atoms with Gasteiger partial charge in [-0.05, 0) is 74.7 Å². The number of hydrogen-bond donors (Lipinski definition) is 3. The fourth-order valence-electron chi connectivity index (χ4n) is 2.56. The van der Waals surface area contributed by atoms with Crippen molar-refractivity contribution in [1.82, 2.24) is 10.7 Å². The van der Waals surface area contributed by atoms with Crippen LogP contribution in [0.2, 0.25) is 5.02 Å². The van der Waals surface area contributed by atoms with Crippen molar-refractivity contribution >= 4 is 41.2 Å². The topological polar surface area (TPSA) is 118 Å². The summed E-state index contributed by atoms with van der Waals surface area (Å²) in [5.41, 5.74) is 4.34. The number of benzene rings is 2. The third kappa shape index (κ3) is 10.0. The first-order valence-corrected chi connectivity index (χ1v) is 11.1. The number of aryl methyl sites for hydroxylation is 1. The summed E-state index contributed by atoms with van der Waals surface area (Å²) in [6.07, 6.45) is 2.12. The summed E-state index contributed by atoms with van der Waals surface area (Å²) in [6, 6.07) is 12.0. The van der Waals surface area contributed by atoms with Gasteiger partial charge >= 0.3 is 11.8 Å². The Balaban J connectivity index is 1.70. The number of carbonyl (C=O) groups excluding carboxylic acids is 3. The van der Waals surface area contributed by atoms with Gasteiger partial charge < -0.3 is 20.1 Å². The number of hydrazone groups is 1. The van der Waals surface area contributed by atoms with Gasteiger partial charge in [-0.2, -0.15) is 5.10 Å². The number of nitrogens with zero attached hydrogens (tertiary/aromatic N) is 1.